The maximum Gasteiger partial charge on any atom is 0.261 e. The van der Waals surface area contributed by atoms with Crippen LogP contribution in [0.3, 0.4) is 0 Å². The van der Waals surface area contributed by atoms with E-state index in [9.17, 15) is 17.6 Å². The van der Waals surface area contributed by atoms with E-state index < -0.39 is 16.1 Å². The highest BCUT2D eigenvalue weighted by Gasteiger charge is 2.21. The number of ether oxygens (including phenoxy) is 1. The summed E-state index contributed by atoms with van der Waals surface area (Å²) in [5, 5.41) is 2.86. The molecule has 28 heavy (non-hydrogen) atoms. The number of nitrogens with one attached hydrogen (secondary N) is 1. The van der Waals surface area contributed by atoms with Crippen molar-refractivity contribution in [3.63, 3.8) is 0 Å². The molecule has 0 aromatic heterocycles. The third kappa shape index (κ3) is 5.69. The van der Waals surface area contributed by atoms with Crippen molar-refractivity contribution < 1.29 is 22.3 Å². The van der Waals surface area contributed by atoms with E-state index in [0.717, 1.165) is 16.1 Å². The smallest absolute Gasteiger partial charge is 0.261 e. The summed E-state index contributed by atoms with van der Waals surface area (Å²) in [6.07, 6.45) is 0.866. The molecule has 1 amide bonds. The Bertz CT molecular complexity index is 899. The lowest BCUT2D eigenvalue weighted by Crippen LogP contribution is -2.39. The van der Waals surface area contributed by atoms with E-state index in [1.165, 1.54) is 19.2 Å². The molecule has 0 heterocycles. The van der Waals surface area contributed by atoms with Gasteiger partial charge < -0.3 is 10.1 Å². The van der Waals surface area contributed by atoms with Crippen molar-refractivity contribution in [3.05, 3.63) is 59.9 Å². The third-order valence-electron chi connectivity index (χ3n) is 4.37. The second kappa shape index (κ2) is 9.05. The van der Waals surface area contributed by atoms with Crippen molar-refractivity contribution in [1.82, 2.24) is 5.32 Å². The number of amides is 1. The van der Waals surface area contributed by atoms with E-state index in [0.29, 0.717) is 17.9 Å². The standard InChI is InChI=1S/C20H25FN2O4S/c1-5-19(20(24)22-14(2)15-6-8-16(21)9-7-15)27-18-12-10-17(11-13-18)23(3)28(4,25)26/h6-14,19H,5H2,1-4H3,(H,22,24)/t14-,19+/m0/s1. The number of halogens is 1. The van der Waals surface area contributed by atoms with Crippen LogP contribution in [0, 0.1) is 5.82 Å². The maximum atomic E-state index is 13.0. The Labute approximate surface area is 165 Å². The lowest BCUT2D eigenvalue weighted by atomic mass is 10.1. The van der Waals surface area contributed by atoms with Crippen molar-refractivity contribution in [2.24, 2.45) is 0 Å². The number of hydrogen-bond acceptors (Lipinski definition) is 4. The van der Waals surface area contributed by atoms with Gasteiger partial charge in [-0.15, -0.1) is 0 Å². The minimum absolute atomic E-state index is 0.281. The van der Waals surface area contributed by atoms with Crippen LogP contribution in [-0.4, -0.2) is 33.7 Å². The van der Waals surface area contributed by atoms with Crippen molar-refractivity contribution in [2.75, 3.05) is 17.6 Å². The number of hydrogen-bond donors (Lipinski definition) is 1. The minimum Gasteiger partial charge on any atom is -0.481 e. The number of benzene rings is 2. The van der Waals surface area contributed by atoms with Gasteiger partial charge in [-0.25, -0.2) is 12.8 Å². The first-order valence-corrected chi connectivity index (χ1v) is 10.7. The average molecular weight is 408 g/mol. The van der Waals surface area contributed by atoms with Crippen LogP contribution >= 0.6 is 0 Å². The highest BCUT2D eigenvalue weighted by molar-refractivity contribution is 7.92. The van der Waals surface area contributed by atoms with Crippen LogP contribution in [-0.2, 0) is 14.8 Å². The SMILES string of the molecule is CC[C@@H](Oc1ccc(N(C)S(C)(=O)=O)cc1)C(=O)N[C@@H](C)c1ccc(F)cc1. The largest absolute Gasteiger partial charge is 0.481 e. The Morgan fingerprint density at radius 1 is 1.14 bits per heavy atom. The topological polar surface area (TPSA) is 75.7 Å². The Morgan fingerprint density at radius 2 is 1.71 bits per heavy atom. The molecule has 152 valence electrons. The zero-order valence-electron chi connectivity index (χ0n) is 16.3. The van der Waals surface area contributed by atoms with Crippen LogP contribution in [0.1, 0.15) is 31.9 Å². The first-order chi connectivity index (χ1) is 13.1. The molecule has 0 spiro atoms. The molecule has 0 saturated heterocycles. The minimum atomic E-state index is -3.35. The predicted octanol–water partition coefficient (Wildman–Crippen LogP) is 3.26. The number of nitrogens with zero attached hydrogens (tertiary/aromatic N) is 1. The molecule has 0 unspecified atom stereocenters. The van der Waals surface area contributed by atoms with Gasteiger partial charge in [-0.05, 0) is 55.3 Å². The van der Waals surface area contributed by atoms with E-state index >= 15 is 0 Å². The molecule has 0 aliphatic rings. The molecule has 2 rings (SSSR count). The van der Waals surface area contributed by atoms with E-state index in [-0.39, 0.29) is 17.8 Å². The van der Waals surface area contributed by atoms with E-state index in [1.54, 1.807) is 36.4 Å². The van der Waals surface area contributed by atoms with Gasteiger partial charge in [0.05, 0.1) is 18.0 Å². The highest BCUT2D eigenvalue weighted by atomic mass is 32.2. The molecule has 0 radical (unpaired) electrons. The molecule has 0 aliphatic heterocycles. The molecule has 0 fully saturated rings. The monoisotopic (exact) mass is 408 g/mol. The number of anilines is 1. The van der Waals surface area contributed by atoms with Gasteiger partial charge in [-0.2, -0.15) is 0 Å². The second-order valence-electron chi connectivity index (χ2n) is 6.52. The van der Waals surface area contributed by atoms with Gasteiger partial charge in [0.1, 0.15) is 11.6 Å². The van der Waals surface area contributed by atoms with Crippen molar-refractivity contribution in [3.8, 4) is 5.75 Å². The summed E-state index contributed by atoms with van der Waals surface area (Å²) in [6, 6.07) is 12.1. The molecule has 6 nitrogen and oxygen atoms in total. The first-order valence-electron chi connectivity index (χ1n) is 8.88. The van der Waals surface area contributed by atoms with Crippen molar-refractivity contribution in [1.29, 1.82) is 0 Å². The summed E-state index contributed by atoms with van der Waals surface area (Å²) in [5.41, 5.74) is 1.29. The molecule has 0 saturated carbocycles. The van der Waals surface area contributed by atoms with E-state index in [1.807, 2.05) is 13.8 Å². The lowest BCUT2D eigenvalue weighted by Gasteiger charge is -2.21. The van der Waals surface area contributed by atoms with Gasteiger partial charge in [0.2, 0.25) is 10.0 Å². The van der Waals surface area contributed by atoms with Gasteiger partial charge in [0.15, 0.2) is 6.10 Å². The summed E-state index contributed by atoms with van der Waals surface area (Å²) in [6.45, 7) is 3.65. The van der Waals surface area contributed by atoms with Crippen LogP contribution in [0.2, 0.25) is 0 Å². The van der Waals surface area contributed by atoms with E-state index in [2.05, 4.69) is 5.32 Å². The van der Waals surface area contributed by atoms with Crippen LogP contribution in [0.25, 0.3) is 0 Å². The van der Waals surface area contributed by atoms with Crippen molar-refractivity contribution >= 4 is 21.6 Å². The fraction of sp³-hybridized carbons (Fsp3) is 0.350. The summed E-state index contributed by atoms with van der Waals surface area (Å²) in [4.78, 5) is 12.5. The maximum absolute atomic E-state index is 13.0. The molecule has 0 bridgehead atoms. The quantitative estimate of drug-likeness (QED) is 0.728. The zero-order chi connectivity index (χ0) is 20.9. The Hall–Kier alpha value is -2.61. The predicted molar refractivity (Wildman–Crippen MR) is 107 cm³/mol. The summed E-state index contributed by atoms with van der Waals surface area (Å²) in [7, 11) is -1.88. The van der Waals surface area contributed by atoms with Crippen LogP contribution in [0.15, 0.2) is 48.5 Å². The Balaban J connectivity index is 2.02. The number of rotatable bonds is 8. The molecule has 1 N–H and O–H groups in total. The normalized spacial score (nSPS) is 13.5. The van der Waals surface area contributed by atoms with Gasteiger partial charge in [0.25, 0.3) is 5.91 Å². The van der Waals surface area contributed by atoms with Crippen LogP contribution in [0.5, 0.6) is 5.75 Å². The first kappa shape index (κ1) is 21.7. The zero-order valence-corrected chi connectivity index (χ0v) is 17.2. The highest BCUT2D eigenvalue weighted by Crippen LogP contribution is 2.22. The fourth-order valence-electron chi connectivity index (χ4n) is 2.55. The summed E-state index contributed by atoms with van der Waals surface area (Å²) < 4.78 is 43.1. The van der Waals surface area contributed by atoms with Crippen molar-refractivity contribution in [2.45, 2.75) is 32.4 Å². The molecular formula is C20H25FN2O4S. The molecule has 2 aromatic carbocycles. The Kier molecular flexibility index (Phi) is 7.01. The molecule has 2 atom stereocenters. The Morgan fingerprint density at radius 3 is 2.21 bits per heavy atom. The molecule has 2 aromatic rings. The molecular weight excluding hydrogens is 383 g/mol. The van der Waals surface area contributed by atoms with Gasteiger partial charge in [-0.1, -0.05) is 19.1 Å². The number of carbonyl (C=O) groups is 1. The van der Waals surface area contributed by atoms with Gasteiger partial charge in [-0.3, -0.25) is 9.10 Å². The van der Waals surface area contributed by atoms with Crippen LogP contribution in [0.4, 0.5) is 10.1 Å². The van der Waals surface area contributed by atoms with Crippen LogP contribution < -0.4 is 14.4 Å². The second-order valence-corrected chi connectivity index (χ2v) is 8.53. The van der Waals surface area contributed by atoms with Gasteiger partial charge in [0, 0.05) is 7.05 Å². The number of carbonyl (C=O) groups excluding carboxylic acids is 1. The summed E-state index contributed by atoms with van der Waals surface area (Å²) >= 11 is 0. The lowest BCUT2D eigenvalue weighted by molar-refractivity contribution is -0.128. The fourth-order valence-corrected chi connectivity index (χ4v) is 3.06. The summed E-state index contributed by atoms with van der Waals surface area (Å²) in [5.74, 6) is -0.152. The average Bonchev–Trinajstić information content (AvgIpc) is 2.65. The van der Waals surface area contributed by atoms with Gasteiger partial charge >= 0.3 is 0 Å². The molecule has 8 heteroatoms. The van der Waals surface area contributed by atoms with E-state index in [4.69, 9.17) is 4.74 Å². The molecule has 0 aliphatic carbocycles. The number of sulfonamides is 1. The third-order valence-corrected chi connectivity index (χ3v) is 5.57.